The fraction of sp³-hybridized carbons (Fsp3) is 0.0952. The third-order valence-corrected chi connectivity index (χ3v) is 4.25. The van der Waals surface area contributed by atoms with Gasteiger partial charge in [-0.3, -0.25) is 4.79 Å². The number of aromatic nitrogens is 4. The molecule has 4 rings (SSSR count). The minimum Gasteiger partial charge on any atom is -0.287 e. The van der Waals surface area contributed by atoms with E-state index in [0.717, 1.165) is 16.9 Å². The van der Waals surface area contributed by atoms with E-state index in [4.69, 9.17) is 0 Å². The molecule has 0 bridgehead atoms. The number of hydrogen-bond acceptors (Lipinski definition) is 3. The monoisotopic (exact) mass is 342 g/mol. The summed E-state index contributed by atoms with van der Waals surface area (Å²) >= 11 is 0. The van der Waals surface area contributed by atoms with Gasteiger partial charge < -0.3 is 0 Å². The highest BCUT2D eigenvalue weighted by Gasteiger charge is 2.15. The Kier molecular flexibility index (Phi) is 3.97. The maximum atomic E-state index is 12.8. The van der Waals surface area contributed by atoms with Crippen LogP contribution in [0.4, 0.5) is 0 Å². The summed E-state index contributed by atoms with van der Waals surface area (Å²) < 4.78 is 3.49. The molecule has 26 heavy (non-hydrogen) atoms. The van der Waals surface area contributed by atoms with E-state index >= 15 is 0 Å². The van der Waals surface area contributed by atoms with Crippen molar-refractivity contribution in [3.8, 4) is 22.8 Å². The number of para-hydroxylation sites is 1. The van der Waals surface area contributed by atoms with Crippen molar-refractivity contribution in [2.24, 2.45) is 0 Å². The topological polar surface area (TPSA) is 52.7 Å². The van der Waals surface area contributed by atoms with Gasteiger partial charge in [0.05, 0.1) is 23.3 Å². The zero-order valence-electron chi connectivity index (χ0n) is 14.6. The Morgan fingerprint density at radius 1 is 0.885 bits per heavy atom. The van der Waals surface area contributed by atoms with Crippen LogP contribution in [0.5, 0.6) is 0 Å². The molecule has 2 heterocycles. The molecule has 0 aliphatic rings. The number of aryl methyl sites for hydroxylation is 2. The number of nitrogens with zero attached hydrogens (tertiary/aromatic N) is 4. The molecule has 0 N–H and O–H groups in total. The van der Waals surface area contributed by atoms with Crippen LogP contribution in [0.2, 0.25) is 0 Å². The van der Waals surface area contributed by atoms with E-state index in [9.17, 15) is 4.79 Å². The second kappa shape index (κ2) is 6.44. The van der Waals surface area contributed by atoms with Gasteiger partial charge in [-0.2, -0.15) is 10.2 Å². The summed E-state index contributed by atoms with van der Waals surface area (Å²) in [5.41, 5.74) is 4.54. The van der Waals surface area contributed by atoms with Crippen LogP contribution in [0.15, 0.2) is 77.9 Å². The lowest BCUT2D eigenvalue weighted by Crippen LogP contribution is -2.18. The quantitative estimate of drug-likeness (QED) is 0.570. The fourth-order valence-corrected chi connectivity index (χ4v) is 2.94. The largest absolute Gasteiger partial charge is 0.287 e. The maximum absolute atomic E-state index is 12.8. The van der Waals surface area contributed by atoms with Crippen molar-refractivity contribution in [2.45, 2.75) is 13.8 Å². The molecule has 5 nitrogen and oxygen atoms in total. The van der Waals surface area contributed by atoms with Gasteiger partial charge in [0.1, 0.15) is 0 Å². The molecule has 4 aromatic rings. The summed E-state index contributed by atoms with van der Waals surface area (Å²) in [6.45, 7) is 3.84. The average Bonchev–Trinajstić information content (AvgIpc) is 3.14. The fourth-order valence-electron chi connectivity index (χ4n) is 2.94. The summed E-state index contributed by atoms with van der Waals surface area (Å²) in [5, 5.41) is 9.00. The van der Waals surface area contributed by atoms with Crippen molar-refractivity contribution >= 4 is 0 Å². The Labute approximate surface area is 151 Å². The highest BCUT2D eigenvalue weighted by atomic mass is 16.1. The van der Waals surface area contributed by atoms with Crippen molar-refractivity contribution in [3.05, 3.63) is 94.4 Å². The van der Waals surface area contributed by atoms with Gasteiger partial charge in [-0.25, -0.2) is 9.36 Å². The summed E-state index contributed by atoms with van der Waals surface area (Å²) in [5.74, 6) is 0. The van der Waals surface area contributed by atoms with Gasteiger partial charge >= 0.3 is 0 Å². The maximum Gasteiger partial charge on any atom is 0.212 e. The van der Waals surface area contributed by atoms with Crippen molar-refractivity contribution in [3.63, 3.8) is 0 Å². The van der Waals surface area contributed by atoms with Crippen LogP contribution in [-0.2, 0) is 0 Å². The molecule has 5 heteroatoms. The molecule has 0 aliphatic heterocycles. The lowest BCUT2D eigenvalue weighted by Gasteiger charge is -2.11. The molecule has 0 unspecified atom stereocenters. The second-order valence-corrected chi connectivity index (χ2v) is 6.24. The molecule has 0 atom stereocenters. The van der Waals surface area contributed by atoms with Crippen LogP contribution in [0, 0.1) is 13.8 Å². The Balaban J connectivity index is 1.91. The molecule has 128 valence electrons. The van der Waals surface area contributed by atoms with E-state index in [0.29, 0.717) is 17.0 Å². The molecule has 2 aromatic heterocycles. The summed E-state index contributed by atoms with van der Waals surface area (Å²) in [7, 11) is 0. The van der Waals surface area contributed by atoms with Gasteiger partial charge in [0.25, 0.3) is 0 Å². The number of benzene rings is 2. The number of rotatable bonds is 3. The van der Waals surface area contributed by atoms with Gasteiger partial charge in [-0.15, -0.1) is 0 Å². The predicted molar refractivity (Wildman–Crippen MR) is 102 cm³/mol. The summed E-state index contributed by atoms with van der Waals surface area (Å²) in [4.78, 5) is 12.8. The van der Waals surface area contributed by atoms with E-state index in [1.807, 2.05) is 74.5 Å². The minimum atomic E-state index is -0.0911. The van der Waals surface area contributed by atoms with Crippen molar-refractivity contribution in [2.75, 3.05) is 0 Å². The molecular weight excluding hydrogens is 324 g/mol. The molecule has 2 aromatic carbocycles. The molecule has 0 spiro atoms. The Bertz CT molecular complexity index is 1130. The zero-order chi connectivity index (χ0) is 18.1. The van der Waals surface area contributed by atoms with E-state index < -0.39 is 0 Å². The van der Waals surface area contributed by atoms with E-state index in [1.54, 1.807) is 21.8 Å². The first-order valence-electron chi connectivity index (χ1n) is 8.41. The van der Waals surface area contributed by atoms with Gasteiger partial charge in [0.15, 0.2) is 5.69 Å². The van der Waals surface area contributed by atoms with Gasteiger partial charge in [0, 0.05) is 11.8 Å². The summed E-state index contributed by atoms with van der Waals surface area (Å²) in [6, 6.07) is 19.6. The van der Waals surface area contributed by atoms with Crippen LogP contribution in [0.25, 0.3) is 22.8 Å². The first kappa shape index (κ1) is 16.0. The zero-order valence-corrected chi connectivity index (χ0v) is 14.6. The lowest BCUT2D eigenvalue weighted by atomic mass is 10.2. The Morgan fingerprint density at radius 2 is 1.65 bits per heavy atom. The molecule has 0 aliphatic carbocycles. The van der Waals surface area contributed by atoms with Crippen LogP contribution in [0.1, 0.15) is 11.1 Å². The molecular formula is C21H18N4O. The Hall–Kier alpha value is -3.47. The van der Waals surface area contributed by atoms with Crippen LogP contribution in [-0.4, -0.2) is 19.6 Å². The predicted octanol–water partition coefficient (Wildman–Crippen LogP) is 3.70. The molecule has 0 amide bonds. The van der Waals surface area contributed by atoms with Gasteiger partial charge in [0.2, 0.25) is 5.43 Å². The van der Waals surface area contributed by atoms with E-state index in [2.05, 4.69) is 10.2 Å². The van der Waals surface area contributed by atoms with E-state index in [1.165, 1.54) is 0 Å². The first-order chi connectivity index (χ1) is 12.6. The second-order valence-electron chi connectivity index (χ2n) is 6.24. The van der Waals surface area contributed by atoms with Crippen LogP contribution >= 0.6 is 0 Å². The third-order valence-electron chi connectivity index (χ3n) is 4.25. The molecule has 0 radical (unpaired) electrons. The molecule has 0 fully saturated rings. The van der Waals surface area contributed by atoms with Crippen molar-refractivity contribution in [1.29, 1.82) is 0 Å². The highest BCUT2D eigenvalue weighted by Crippen LogP contribution is 2.19. The SMILES string of the molecule is Cc1cccc(-n2cc(C)c(=O)c(-c3ccnn3-c3ccccc3)n2)c1. The average molecular weight is 342 g/mol. The van der Waals surface area contributed by atoms with E-state index in [-0.39, 0.29) is 5.43 Å². The molecule has 0 saturated carbocycles. The standard InChI is InChI=1S/C21H18N4O/c1-15-7-6-10-18(13-15)24-14-16(2)21(26)20(23-24)19-11-12-22-25(19)17-8-4-3-5-9-17/h3-14H,1-2H3. The molecule has 0 saturated heterocycles. The summed E-state index contributed by atoms with van der Waals surface area (Å²) in [6.07, 6.45) is 3.45. The highest BCUT2D eigenvalue weighted by molar-refractivity contribution is 5.58. The van der Waals surface area contributed by atoms with Crippen molar-refractivity contribution in [1.82, 2.24) is 19.6 Å². The van der Waals surface area contributed by atoms with Crippen molar-refractivity contribution < 1.29 is 0 Å². The lowest BCUT2D eigenvalue weighted by molar-refractivity contribution is 0.815. The first-order valence-corrected chi connectivity index (χ1v) is 8.41. The Morgan fingerprint density at radius 3 is 2.42 bits per heavy atom. The van der Waals surface area contributed by atoms with Gasteiger partial charge in [-0.1, -0.05) is 30.3 Å². The van der Waals surface area contributed by atoms with Crippen LogP contribution < -0.4 is 5.43 Å². The third kappa shape index (κ3) is 2.84. The minimum absolute atomic E-state index is 0.0911. The van der Waals surface area contributed by atoms with Crippen LogP contribution in [0.3, 0.4) is 0 Å². The normalized spacial score (nSPS) is 10.8. The number of hydrogen-bond donors (Lipinski definition) is 0. The van der Waals surface area contributed by atoms with Gasteiger partial charge in [-0.05, 0) is 49.7 Å². The smallest absolute Gasteiger partial charge is 0.212 e.